The summed E-state index contributed by atoms with van der Waals surface area (Å²) in [4.78, 5) is 17.4. The summed E-state index contributed by atoms with van der Waals surface area (Å²) in [5, 5.41) is 4.35. The van der Waals surface area contributed by atoms with E-state index in [0.717, 1.165) is 21.7 Å². The second-order valence-corrected chi connectivity index (χ2v) is 8.08. The number of halogens is 3. The van der Waals surface area contributed by atoms with Gasteiger partial charge in [-0.2, -0.15) is 5.10 Å². The van der Waals surface area contributed by atoms with Crippen molar-refractivity contribution in [1.29, 1.82) is 0 Å². The minimum Gasteiger partial charge on any atom is -0.294 e. The Morgan fingerprint density at radius 1 is 1.00 bits per heavy atom. The molecule has 2 heterocycles. The van der Waals surface area contributed by atoms with Gasteiger partial charge in [-0.3, -0.25) is 4.79 Å². The van der Waals surface area contributed by atoms with Gasteiger partial charge in [0.05, 0.1) is 17.5 Å². The molecule has 144 valence electrons. The van der Waals surface area contributed by atoms with E-state index < -0.39 is 11.6 Å². The van der Waals surface area contributed by atoms with Crippen LogP contribution in [0, 0.1) is 11.6 Å². The number of carbonyl (C=O) groups is 1. The number of aromatic nitrogens is 3. The van der Waals surface area contributed by atoms with Gasteiger partial charge in [0.25, 0.3) is 0 Å². The van der Waals surface area contributed by atoms with E-state index in [1.807, 2.05) is 24.3 Å². The highest BCUT2D eigenvalue weighted by atomic mass is 79.9. The molecule has 4 aromatic rings. The minimum absolute atomic E-state index is 0.101. The Hall–Kier alpha value is -2.93. The zero-order valence-electron chi connectivity index (χ0n) is 15.1. The highest BCUT2D eigenvalue weighted by Gasteiger charge is 2.29. The molecule has 2 aromatic heterocycles. The van der Waals surface area contributed by atoms with E-state index in [1.54, 1.807) is 16.9 Å². The lowest BCUT2D eigenvalue weighted by atomic mass is 9.82. The standard InChI is InChI=1S/C22H14BrF2N3O/c23-15-3-1-12(2-4-15)18-10-26-28-11-19-20(27-22(18)28)7-14(8-21(19)29)13-5-16(24)9-17(25)6-13/h1-6,9-11,14H,7-8H2. The van der Waals surface area contributed by atoms with Gasteiger partial charge >= 0.3 is 0 Å². The maximum Gasteiger partial charge on any atom is 0.166 e. The molecule has 29 heavy (non-hydrogen) atoms. The normalized spacial score (nSPS) is 16.2. The zero-order chi connectivity index (χ0) is 20.1. The monoisotopic (exact) mass is 453 g/mol. The van der Waals surface area contributed by atoms with Gasteiger partial charge in [0.15, 0.2) is 11.4 Å². The Bertz CT molecular complexity index is 1250. The molecule has 0 spiro atoms. The van der Waals surface area contributed by atoms with E-state index in [-0.39, 0.29) is 18.1 Å². The van der Waals surface area contributed by atoms with Gasteiger partial charge in [-0.25, -0.2) is 18.3 Å². The van der Waals surface area contributed by atoms with Gasteiger partial charge in [-0.15, -0.1) is 0 Å². The number of Topliss-reactive ketones (excluding diaryl/α,β-unsaturated/α-hetero) is 1. The maximum absolute atomic E-state index is 13.7. The van der Waals surface area contributed by atoms with Crippen LogP contribution in [0.25, 0.3) is 16.8 Å². The molecule has 4 nitrogen and oxygen atoms in total. The lowest BCUT2D eigenvalue weighted by Crippen LogP contribution is -2.21. The first kappa shape index (κ1) is 18.1. The molecule has 5 rings (SSSR count). The zero-order valence-corrected chi connectivity index (χ0v) is 16.7. The van der Waals surface area contributed by atoms with Gasteiger partial charge in [0.1, 0.15) is 11.6 Å². The number of benzene rings is 2. The van der Waals surface area contributed by atoms with Crippen molar-refractivity contribution in [3.8, 4) is 11.1 Å². The highest BCUT2D eigenvalue weighted by Crippen LogP contribution is 2.34. The van der Waals surface area contributed by atoms with Crippen LogP contribution in [0.4, 0.5) is 8.78 Å². The molecule has 1 unspecified atom stereocenters. The molecule has 0 saturated heterocycles. The molecular formula is C22H14BrF2N3O. The molecule has 0 aliphatic heterocycles. The molecule has 0 bridgehead atoms. The second kappa shape index (κ2) is 6.84. The summed E-state index contributed by atoms with van der Waals surface area (Å²) in [6.45, 7) is 0. The number of rotatable bonds is 2. The van der Waals surface area contributed by atoms with Crippen LogP contribution < -0.4 is 0 Å². The molecule has 1 aliphatic carbocycles. The third kappa shape index (κ3) is 3.25. The van der Waals surface area contributed by atoms with Crippen LogP contribution in [-0.4, -0.2) is 20.4 Å². The smallest absolute Gasteiger partial charge is 0.166 e. The van der Waals surface area contributed by atoms with Crippen LogP contribution in [0.1, 0.15) is 34.0 Å². The summed E-state index contributed by atoms with van der Waals surface area (Å²) < 4.78 is 29.9. The van der Waals surface area contributed by atoms with E-state index in [1.165, 1.54) is 12.1 Å². The summed E-state index contributed by atoms with van der Waals surface area (Å²) >= 11 is 3.43. The Kier molecular flexibility index (Phi) is 4.28. The quantitative estimate of drug-likeness (QED) is 0.410. The summed E-state index contributed by atoms with van der Waals surface area (Å²) in [5.74, 6) is -1.70. The van der Waals surface area contributed by atoms with Crippen molar-refractivity contribution in [1.82, 2.24) is 14.6 Å². The van der Waals surface area contributed by atoms with Crippen LogP contribution in [0.5, 0.6) is 0 Å². The Morgan fingerprint density at radius 2 is 1.72 bits per heavy atom. The number of carbonyl (C=O) groups excluding carboxylic acids is 1. The fourth-order valence-corrected chi connectivity index (χ4v) is 4.12. The predicted octanol–water partition coefficient (Wildman–Crippen LogP) is 5.35. The lowest BCUT2D eigenvalue weighted by Gasteiger charge is -2.23. The predicted molar refractivity (Wildman–Crippen MR) is 108 cm³/mol. The number of ketones is 1. The molecule has 0 saturated carbocycles. The second-order valence-electron chi connectivity index (χ2n) is 7.17. The topological polar surface area (TPSA) is 47.3 Å². The van der Waals surface area contributed by atoms with Crippen LogP contribution in [0.3, 0.4) is 0 Å². The molecule has 2 aromatic carbocycles. The van der Waals surface area contributed by atoms with Gasteiger partial charge in [0, 0.05) is 28.7 Å². The minimum atomic E-state index is -0.644. The number of fused-ring (bicyclic) bond motifs is 2. The fourth-order valence-electron chi connectivity index (χ4n) is 3.85. The lowest BCUT2D eigenvalue weighted by molar-refractivity contribution is 0.0962. The third-order valence-electron chi connectivity index (χ3n) is 5.26. The summed E-state index contributed by atoms with van der Waals surface area (Å²) in [6, 6.07) is 11.2. The van der Waals surface area contributed by atoms with Gasteiger partial charge in [-0.05, 0) is 47.7 Å². The van der Waals surface area contributed by atoms with Crippen LogP contribution in [0.15, 0.2) is 59.3 Å². The third-order valence-corrected chi connectivity index (χ3v) is 5.78. The van der Waals surface area contributed by atoms with Gasteiger partial charge in [0.2, 0.25) is 0 Å². The first-order chi connectivity index (χ1) is 14.0. The fraction of sp³-hybridized carbons (Fsp3) is 0.136. The SMILES string of the molecule is O=C1CC(c2cc(F)cc(F)c2)Cc2nc3c(-c4ccc(Br)cc4)cnn3cc21. The van der Waals surface area contributed by atoms with Gasteiger partial charge < -0.3 is 0 Å². The first-order valence-corrected chi connectivity index (χ1v) is 9.89. The highest BCUT2D eigenvalue weighted by molar-refractivity contribution is 9.10. The summed E-state index contributed by atoms with van der Waals surface area (Å²) in [6.07, 6.45) is 4.04. The number of nitrogens with zero attached hydrogens (tertiary/aromatic N) is 3. The van der Waals surface area contributed by atoms with Crippen LogP contribution in [-0.2, 0) is 6.42 Å². The van der Waals surface area contributed by atoms with Crippen molar-refractivity contribution < 1.29 is 13.6 Å². The van der Waals surface area contributed by atoms with Crippen LogP contribution in [0.2, 0.25) is 0 Å². The molecule has 0 radical (unpaired) electrons. The van der Waals surface area contributed by atoms with Crippen molar-refractivity contribution in [2.75, 3.05) is 0 Å². The average Bonchev–Trinajstić information content (AvgIpc) is 3.09. The van der Waals surface area contributed by atoms with Crippen molar-refractivity contribution in [3.63, 3.8) is 0 Å². The Balaban J connectivity index is 1.59. The number of hydrogen-bond donors (Lipinski definition) is 0. The average molecular weight is 454 g/mol. The molecule has 1 aliphatic rings. The molecule has 1 atom stereocenters. The molecule has 7 heteroatoms. The Labute approximate surface area is 173 Å². The van der Waals surface area contributed by atoms with Gasteiger partial charge in [-0.1, -0.05) is 28.1 Å². The molecule has 0 N–H and O–H groups in total. The first-order valence-electron chi connectivity index (χ1n) is 9.10. The van der Waals surface area contributed by atoms with E-state index in [0.29, 0.717) is 28.9 Å². The largest absolute Gasteiger partial charge is 0.294 e. The summed E-state index contributed by atoms with van der Waals surface area (Å²) in [5.41, 5.74) is 4.07. The van der Waals surface area contributed by atoms with Crippen molar-refractivity contribution in [3.05, 3.63) is 87.8 Å². The Morgan fingerprint density at radius 3 is 2.45 bits per heavy atom. The van der Waals surface area contributed by atoms with E-state index in [2.05, 4.69) is 21.0 Å². The van der Waals surface area contributed by atoms with Crippen molar-refractivity contribution >= 4 is 27.4 Å². The van der Waals surface area contributed by atoms with Crippen molar-refractivity contribution in [2.24, 2.45) is 0 Å². The molecular weight excluding hydrogens is 440 g/mol. The van der Waals surface area contributed by atoms with Crippen LogP contribution >= 0.6 is 15.9 Å². The van der Waals surface area contributed by atoms with E-state index in [9.17, 15) is 13.6 Å². The molecule has 0 fully saturated rings. The maximum atomic E-state index is 13.7. The molecule has 0 amide bonds. The van der Waals surface area contributed by atoms with E-state index in [4.69, 9.17) is 4.98 Å². The van der Waals surface area contributed by atoms with Crippen molar-refractivity contribution in [2.45, 2.75) is 18.8 Å². The van der Waals surface area contributed by atoms with E-state index >= 15 is 0 Å². The summed E-state index contributed by atoms with van der Waals surface area (Å²) in [7, 11) is 0. The number of hydrogen-bond acceptors (Lipinski definition) is 3.